The van der Waals surface area contributed by atoms with Gasteiger partial charge in [-0.15, -0.1) is 0 Å². The minimum Gasteiger partial charge on any atom is -0.480 e. The Morgan fingerprint density at radius 1 is 1.09 bits per heavy atom. The topological polar surface area (TPSA) is 40.5 Å². The van der Waals surface area contributed by atoms with Gasteiger partial charge in [0.2, 0.25) is 0 Å². The van der Waals surface area contributed by atoms with Gasteiger partial charge in [-0.25, -0.2) is 0 Å². The molecule has 0 spiro atoms. The first-order chi connectivity index (χ1) is 11.2. The van der Waals surface area contributed by atoms with Gasteiger partial charge in [0.1, 0.15) is 5.41 Å². The Balaban J connectivity index is 2.18. The van der Waals surface area contributed by atoms with Gasteiger partial charge in [0.15, 0.2) is 0 Å². The van der Waals surface area contributed by atoms with E-state index >= 15 is 0 Å². The standard InChI is InChI=1S/C20H23NO2/c1-2-21-14-13-18(15-21)20(19(22)23,16-9-5-3-6-10-16)17-11-7-4-8-12-17/h3-12,18H,2,13-15H2,1H3,(H,22,23). The fraction of sp³-hybridized carbons (Fsp3) is 0.350. The molecule has 1 atom stereocenters. The Labute approximate surface area is 137 Å². The second kappa shape index (κ2) is 6.55. The molecule has 2 aromatic carbocycles. The largest absolute Gasteiger partial charge is 0.480 e. The summed E-state index contributed by atoms with van der Waals surface area (Å²) in [6.45, 7) is 4.90. The highest BCUT2D eigenvalue weighted by atomic mass is 16.4. The summed E-state index contributed by atoms with van der Waals surface area (Å²) in [6, 6.07) is 19.4. The van der Waals surface area contributed by atoms with E-state index in [1.807, 2.05) is 60.7 Å². The molecule has 1 saturated heterocycles. The lowest BCUT2D eigenvalue weighted by molar-refractivity contribution is -0.144. The molecule has 1 aliphatic rings. The third kappa shape index (κ3) is 2.66. The Bertz CT molecular complexity index is 614. The van der Waals surface area contributed by atoms with Crippen molar-refractivity contribution in [2.75, 3.05) is 19.6 Å². The molecule has 1 N–H and O–H groups in total. The molecule has 120 valence electrons. The van der Waals surface area contributed by atoms with E-state index < -0.39 is 11.4 Å². The van der Waals surface area contributed by atoms with Crippen molar-refractivity contribution in [1.29, 1.82) is 0 Å². The molecule has 0 aromatic heterocycles. The van der Waals surface area contributed by atoms with E-state index in [4.69, 9.17) is 0 Å². The van der Waals surface area contributed by atoms with Crippen LogP contribution in [0.25, 0.3) is 0 Å². The fourth-order valence-corrected chi connectivity index (χ4v) is 3.94. The maximum absolute atomic E-state index is 12.6. The van der Waals surface area contributed by atoms with Crippen LogP contribution in [0, 0.1) is 5.92 Å². The molecule has 1 heterocycles. The number of carboxylic acids is 1. The SMILES string of the molecule is CCN1CCC(C(C(=O)O)(c2ccccc2)c2ccccc2)C1. The minimum atomic E-state index is -0.980. The smallest absolute Gasteiger partial charge is 0.318 e. The predicted octanol–water partition coefficient (Wildman–Crippen LogP) is 3.40. The molecule has 23 heavy (non-hydrogen) atoms. The molecule has 3 rings (SSSR count). The molecular formula is C20H23NO2. The van der Waals surface area contributed by atoms with Crippen molar-refractivity contribution in [3.63, 3.8) is 0 Å². The number of hydrogen-bond donors (Lipinski definition) is 1. The summed E-state index contributed by atoms with van der Waals surface area (Å²) >= 11 is 0. The van der Waals surface area contributed by atoms with Gasteiger partial charge in [-0.2, -0.15) is 0 Å². The van der Waals surface area contributed by atoms with Crippen LogP contribution in [-0.2, 0) is 10.2 Å². The first kappa shape index (κ1) is 15.8. The van der Waals surface area contributed by atoms with Crippen LogP contribution in [0.4, 0.5) is 0 Å². The normalized spacial score (nSPS) is 18.9. The van der Waals surface area contributed by atoms with Crippen molar-refractivity contribution in [3.8, 4) is 0 Å². The molecule has 1 fully saturated rings. The second-order valence-electron chi connectivity index (χ2n) is 6.22. The molecule has 3 nitrogen and oxygen atoms in total. The summed E-state index contributed by atoms with van der Waals surface area (Å²) in [6.07, 6.45) is 0.907. The van der Waals surface area contributed by atoms with Crippen LogP contribution in [0.5, 0.6) is 0 Å². The van der Waals surface area contributed by atoms with Crippen LogP contribution >= 0.6 is 0 Å². The quantitative estimate of drug-likeness (QED) is 0.920. The van der Waals surface area contributed by atoms with Gasteiger partial charge in [-0.3, -0.25) is 4.79 Å². The number of carboxylic acid groups (broad SMARTS) is 1. The van der Waals surface area contributed by atoms with Crippen molar-refractivity contribution in [1.82, 2.24) is 4.90 Å². The van der Waals surface area contributed by atoms with Crippen LogP contribution in [-0.4, -0.2) is 35.6 Å². The van der Waals surface area contributed by atoms with E-state index in [1.165, 1.54) is 0 Å². The number of hydrogen-bond acceptors (Lipinski definition) is 2. The van der Waals surface area contributed by atoms with Gasteiger partial charge in [-0.05, 0) is 36.6 Å². The molecule has 0 bridgehead atoms. The maximum atomic E-state index is 12.6. The number of carbonyl (C=O) groups is 1. The average Bonchev–Trinajstić information content (AvgIpc) is 3.06. The number of aliphatic carboxylic acids is 1. The zero-order valence-electron chi connectivity index (χ0n) is 13.5. The van der Waals surface area contributed by atoms with Gasteiger partial charge >= 0.3 is 5.97 Å². The minimum absolute atomic E-state index is 0.0738. The number of nitrogens with zero attached hydrogens (tertiary/aromatic N) is 1. The lowest BCUT2D eigenvalue weighted by Crippen LogP contribution is -2.45. The molecule has 2 aromatic rings. The highest BCUT2D eigenvalue weighted by Gasteiger charge is 2.50. The van der Waals surface area contributed by atoms with E-state index in [0.29, 0.717) is 0 Å². The maximum Gasteiger partial charge on any atom is 0.318 e. The second-order valence-corrected chi connectivity index (χ2v) is 6.22. The first-order valence-electron chi connectivity index (χ1n) is 8.26. The van der Waals surface area contributed by atoms with Crippen LogP contribution < -0.4 is 0 Å². The van der Waals surface area contributed by atoms with Gasteiger partial charge in [-0.1, -0.05) is 67.6 Å². The Morgan fingerprint density at radius 2 is 1.61 bits per heavy atom. The number of likely N-dealkylation sites (tertiary alicyclic amines) is 1. The lowest BCUT2D eigenvalue weighted by Gasteiger charge is -2.36. The Hall–Kier alpha value is -2.13. The Morgan fingerprint density at radius 3 is 2.00 bits per heavy atom. The van der Waals surface area contributed by atoms with E-state index in [9.17, 15) is 9.90 Å². The summed E-state index contributed by atoms with van der Waals surface area (Å²) in [5, 5.41) is 10.3. The van der Waals surface area contributed by atoms with Gasteiger partial charge in [0.25, 0.3) is 0 Å². The van der Waals surface area contributed by atoms with E-state index in [1.54, 1.807) is 0 Å². The van der Waals surface area contributed by atoms with E-state index in [0.717, 1.165) is 37.2 Å². The number of benzene rings is 2. The van der Waals surface area contributed by atoms with Crippen LogP contribution in [0.3, 0.4) is 0 Å². The Kier molecular flexibility index (Phi) is 4.49. The molecule has 0 amide bonds. The van der Waals surface area contributed by atoms with Crippen LogP contribution in [0.2, 0.25) is 0 Å². The van der Waals surface area contributed by atoms with Gasteiger partial charge in [0.05, 0.1) is 0 Å². The molecule has 3 heteroatoms. The van der Waals surface area contributed by atoms with Crippen LogP contribution in [0.15, 0.2) is 60.7 Å². The molecule has 1 aliphatic heterocycles. The average molecular weight is 309 g/mol. The summed E-state index contributed by atoms with van der Waals surface area (Å²) in [7, 11) is 0. The highest BCUT2D eigenvalue weighted by molar-refractivity contribution is 5.86. The lowest BCUT2D eigenvalue weighted by atomic mass is 9.65. The molecule has 0 saturated carbocycles. The zero-order chi connectivity index (χ0) is 16.3. The van der Waals surface area contributed by atoms with Gasteiger partial charge in [0, 0.05) is 6.54 Å². The number of rotatable bonds is 5. The summed E-state index contributed by atoms with van der Waals surface area (Å²) in [5.41, 5.74) is 0.773. The monoisotopic (exact) mass is 309 g/mol. The summed E-state index contributed by atoms with van der Waals surface area (Å²) < 4.78 is 0. The van der Waals surface area contributed by atoms with Crippen molar-refractivity contribution in [2.45, 2.75) is 18.8 Å². The third-order valence-electron chi connectivity index (χ3n) is 5.13. The van der Waals surface area contributed by atoms with Gasteiger partial charge < -0.3 is 10.0 Å². The molecule has 1 unspecified atom stereocenters. The molecule has 0 radical (unpaired) electrons. The van der Waals surface area contributed by atoms with Crippen molar-refractivity contribution in [3.05, 3.63) is 71.8 Å². The van der Waals surface area contributed by atoms with E-state index in [2.05, 4.69) is 11.8 Å². The summed E-state index contributed by atoms with van der Waals surface area (Å²) in [4.78, 5) is 14.9. The zero-order valence-corrected chi connectivity index (χ0v) is 13.5. The van der Waals surface area contributed by atoms with Crippen molar-refractivity contribution < 1.29 is 9.90 Å². The summed E-state index contributed by atoms with van der Waals surface area (Å²) in [5.74, 6) is -0.678. The van der Waals surface area contributed by atoms with Crippen LogP contribution in [0.1, 0.15) is 24.5 Å². The van der Waals surface area contributed by atoms with E-state index in [-0.39, 0.29) is 5.92 Å². The van der Waals surface area contributed by atoms with Crippen molar-refractivity contribution >= 4 is 5.97 Å². The highest BCUT2D eigenvalue weighted by Crippen LogP contribution is 2.43. The molecule has 0 aliphatic carbocycles. The van der Waals surface area contributed by atoms with Crippen molar-refractivity contribution in [2.24, 2.45) is 5.92 Å². The first-order valence-corrected chi connectivity index (χ1v) is 8.26. The third-order valence-corrected chi connectivity index (χ3v) is 5.13. The molecular weight excluding hydrogens is 286 g/mol. The predicted molar refractivity (Wildman–Crippen MR) is 91.5 cm³/mol. The fourth-order valence-electron chi connectivity index (χ4n) is 3.94.